The van der Waals surface area contributed by atoms with Gasteiger partial charge in [0.1, 0.15) is 5.75 Å². The van der Waals surface area contributed by atoms with Gasteiger partial charge in [0.05, 0.1) is 19.3 Å². The smallest absolute Gasteiger partial charge is 0.119 e. The molecular formula is C27H38N2O3. The lowest BCUT2D eigenvalue weighted by Gasteiger charge is -2.33. The van der Waals surface area contributed by atoms with Crippen molar-refractivity contribution in [1.82, 2.24) is 5.32 Å². The van der Waals surface area contributed by atoms with Crippen LogP contribution in [0.1, 0.15) is 48.8 Å². The molecule has 0 amide bonds. The number of nitrogens with one attached hydrogen (secondary N) is 1. The van der Waals surface area contributed by atoms with Crippen LogP contribution in [-0.2, 0) is 22.5 Å². The minimum Gasteiger partial charge on any atom is -0.494 e. The molecule has 0 spiro atoms. The molecule has 1 N–H and O–H groups in total. The average Bonchev–Trinajstić information content (AvgIpc) is 2.85. The predicted molar refractivity (Wildman–Crippen MR) is 130 cm³/mol. The van der Waals surface area contributed by atoms with Crippen LogP contribution in [-0.4, -0.2) is 52.6 Å². The van der Waals surface area contributed by atoms with Crippen molar-refractivity contribution in [3.05, 3.63) is 59.2 Å². The van der Waals surface area contributed by atoms with Crippen molar-refractivity contribution in [3.8, 4) is 5.75 Å². The highest BCUT2D eigenvalue weighted by molar-refractivity contribution is 5.57. The van der Waals surface area contributed by atoms with Gasteiger partial charge in [0.15, 0.2) is 0 Å². The summed E-state index contributed by atoms with van der Waals surface area (Å²) in [7, 11) is 1.72. The van der Waals surface area contributed by atoms with Crippen molar-refractivity contribution >= 4 is 5.69 Å². The predicted octanol–water partition coefficient (Wildman–Crippen LogP) is 4.54. The van der Waals surface area contributed by atoms with Gasteiger partial charge < -0.3 is 24.4 Å². The number of rotatable bonds is 10. The second-order valence-electron chi connectivity index (χ2n) is 8.86. The first-order valence-corrected chi connectivity index (χ1v) is 12.2. The molecule has 5 nitrogen and oxygen atoms in total. The normalized spacial score (nSPS) is 20.8. The molecule has 0 aromatic heterocycles. The van der Waals surface area contributed by atoms with E-state index in [1.807, 2.05) is 0 Å². The SMILES string of the molecule is CCN1CCCc2ccc(CO[C@H]3CNCC[C@@H]3c3ccc(OCCCOC)cc3)cc21. The number of methoxy groups -OCH3 is 1. The summed E-state index contributed by atoms with van der Waals surface area (Å²) in [6.07, 6.45) is 4.61. The lowest BCUT2D eigenvalue weighted by atomic mass is 9.87. The maximum absolute atomic E-state index is 6.49. The van der Waals surface area contributed by atoms with Gasteiger partial charge in [-0.1, -0.05) is 24.3 Å². The van der Waals surface area contributed by atoms with E-state index in [1.165, 1.54) is 35.2 Å². The lowest BCUT2D eigenvalue weighted by Crippen LogP contribution is -2.41. The van der Waals surface area contributed by atoms with Crippen LogP contribution in [0.4, 0.5) is 5.69 Å². The Hall–Kier alpha value is -2.08. The molecule has 2 aromatic rings. The van der Waals surface area contributed by atoms with Crippen molar-refractivity contribution in [3.63, 3.8) is 0 Å². The Kier molecular flexibility index (Phi) is 8.43. The summed E-state index contributed by atoms with van der Waals surface area (Å²) in [5, 5.41) is 3.52. The van der Waals surface area contributed by atoms with Crippen LogP contribution in [0.15, 0.2) is 42.5 Å². The molecule has 2 aliphatic heterocycles. The highest BCUT2D eigenvalue weighted by atomic mass is 16.5. The fraction of sp³-hybridized carbons (Fsp3) is 0.556. The quantitative estimate of drug-likeness (QED) is 0.552. The van der Waals surface area contributed by atoms with E-state index < -0.39 is 0 Å². The molecule has 2 aliphatic rings. The highest BCUT2D eigenvalue weighted by Gasteiger charge is 2.27. The van der Waals surface area contributed by atoms with Gasteiger partial charge >= 0.3 is 0 Å². The molecule has 32 heavy (non-hydrogen) atoms. The Bertz CT molecular complexity index is 839. The number of hydrogen-bond acceptors (Lipinski definition) is 5. The first kappa shape index (κ1) is 23.1. The Balaban J connectivity index is 1.37. The van der Waals surface area contributed by atoms with Gasteiger partial charge in [-0.25, -0.2) is 0 Å². The van der Waals surface area contributed by atoms with E-state index in [-0.39, 0.29) is 6.10 Å². The second-order valence-corrected chi connectivity index (χ2v) is 8.86. The van der Waals surface area contributed by atoms with Crippen LogP contribution in [0.2, 0.25) is 0 Å². The molecule has 2 aromatic carbocycles. The summed E-state index contributed by atoms with van der Waals surface area (Å²) in [5.41, 5.74) is 5.49. The number of aryl methyl sites for hydroxylation is 1. The number of hydrogen-bond donors (Lipinski definition) is 1. The monoisotopic (exact) mass is 438 g/mol. The fourth-order valence-electron chi connectivity index (χ4n) is 4.91. The lowest BCUT2D eigenvalue weighted by molar-refractivity contribution is 0.0106. The van der Waals surface area contributed by atoms with E-state index in [1.54, 1.807) is 7.11 Å². The first-order valence-electron chi connectivity index (χ1n) is 12.2. The van der Waals surface area contributed by atoms with E-state index in [4.69, 9.17) is 14.2 Å². The van der Waals surface area contributed by atoms with Crippen LogP contribution < -0.4 is 15.0 Å². The summed E-state index contributed by atoms with van der Waals surface area (Å²) < 4.78 is 17.4. The van der Waals surface area contributed by atoms with Gasteiger partial charge in [0.2, 0.25) is 0 Å². The minimum atomic E-state index is 0.176. The minimum absolute atomic E-state index is 0.176. The first-order chi connectivity index (χ1) is 15.8. The molecule has 0 radical (unpaired) electrons. The van der Waals surface area contributed by atoms with Crippen LogP contribution in [0, 0.1) is 0 Å². The van der Waals surface area contributed by atoms with Crippen molar-refractivity contribution in [1.29, 1.82) is 0 Å². The molecule has 2 atom stereocenters. The molecule has 4 rings (SSSR count). The molecule has 1 fully saturated rings. The van der Waals surface area contributed by atoms with Gasteiger partial charge in [-0.05, 0) is 67.6 Å². The maximum Gasteiger partial charge on any atom is 0.119 e. The molecule has 0 bridgehead atoms. The van der Waals surface area contributed by atoms with Gasteiger partial charge in [-0.2, -0.15) is 0 Å². The molecule has 174 valence electrons. The van der Waals surface area contributed by atoms with E-state index in [9.17, 15) is 0 Å². The Morgan fingerprint density at radius 3 is 2.78 bits per heavy atom. The van der Waals surface area contributed by atoms with Crippen molar-refractivity contribution in [2.45, 2.75) is 51.2 Å². The summed E-state index contributed by atoms with van der Waals surface area (Å²) in [5.74, 6) is 1.33. The molecule has 0 aliphatic carbocycles. The van der Waals surface area contributed by atoms with Gasteiger partial charge in [0.25, 0.3) is 0 Å². The zero-order valence-electron chi connectivity index (χ0n) is 19.6. The summed E-state index contributed by atoms with van der Waals surface area (Å²) in [6, 6.07) is 15.5. The van der Waals surface area contributed by atoms with Crippen LogP contribution in [0.3, 0.4) is 0 Å². The Morgan fingerprint density at radius 2 is 1.97 bits per heavy atom. The number of fused-ring (bicyclic) bond motifs is 1. The second kappa shape index (κ2) is 11.7. The Morgan fingerprint density at radius 1 is 1.09 bits per heavy atom. The largest absolute Gasteiger partial charge is 0.494 e. The topological polar surface area (TPSA) is 43.0 Å². The molecule has 0 saturated carbocycles. The van der Waals surface area contributed by atoms with Crippen molar-refractivity contribution in [2.24, 2.45) is 0 Å². The van der Waals surface area contributed by atoms with Gasteiger partial charge in [0, 0.05) is 51.4 Å². The molecule has 5 heteroatoms. The van der Waals surface area contributed by atoms with Crippen molar-refractivity contribution < 1.29 is 14.2 Å². The standard InChI is InChI=1S/C27H38N2O3/c1-3-29-15-4-6-23-8-7-21(18-26(23)29)20-32-27-19-28-14-13-25(27)22-9-11-24(12-10-22)31-17-5-16-30-2/h7-12,18,25,27-28H,3-6,13-17,19-20H2,1-2H3/t25-,27+/m1/s1. The van der Waals surface area contributed by atoms with E-state index in [0.29, 0.717) is 19.1 Å². The van der Waals surface area contributed by atoms with Gasteiger partial charge in [-0.15, -0.1) is 0 Å². The molecular weight excluding hydrogens is 400 g/mol. The van der Waals surface area contributed by atoms with Gasteiger partial charge in [-0.3, -0.25) is 0 Å². The van der Waals surface area contributed by atoms with Crippen molar-refractivity contribution in [2.75, 3.05) is 51.4 Å². The van der Waals surface area contributed by atoms with E-state index in [2.05, 4.69) is 59.6 Å². The zero-order valence-corrected chi connectivity index (χ0v) is 19.6. The Labute approximate surface area is 193 Å². The maximum atomic E-state index is 6.49. The average molecular weight is 439 g/mol. The fourth-order valence-corrected chi connectivity index (χ4v) is 4.91. The third-order valence-electron chi connectivity index (χ3n) is 6.71. The van der Waals surface area contributed by atoms with Crippen LogP contribution in [0.5, 0.6) is 5.75 Å². The number of piperidine rings is 1. The van der Waals surface area contributed by atoms with Crippen LogP contribution >= 0.6 is 0 Å². The molecule has 0 unspecified atom stereocenters. The third kappa shape index (κ3) is 5.83. The summed E-state index contributed by atoms with van der Waals surface area (Å²) in [6.45, 7) is 8.47. The number of benzene rings is 2. The highest BCUT2D eigenvalue weighted by Crippen LogP contribution is 2.31. The number of anilines is 1. The summed E-state index contributed by atoms with van der Waals surface area (Å²) >= 11 is 0. The number of nitrogens with zero attached hydrogens (tertiary/aromatic N) is 1. The third-order valence-corrected chi connectivity index (χ3v) is 6.71. The summed E-state index contributed by atoms with van der Waals surface area (Å²) in [4.78, 5) is 2.49. The zero-order chi connectivity index (χ0) is 22.2. The van der Waals surface area contributed by atoms with E-state index in [0.717, 1.165) is 51.4 Å². The van der Waals surface area contributed by atoms with E-state index >= 15 is 0 Å². The van der Waals surface area contributed by atoms with Crippen LogP contribution in [0.25, 0.3) is 0 Å². The number of ether oxygens (including phenoxy) is 3. The molecule has 1 saturated heterocycles. The molecule has 2 heterocycles.